The van der Waals surface area contributed by atoms with E-state index in [0.29, 0.717) is 41.7 Å². The van der Waals surface area contributed by atoms with Crippen molar-refractivity contribution in [2.75, 3.05) is 33.9 Å². The van der Waals surface area contributed by atoms with Gasteiger partial charge in [-0.2, -0.15) is 0 Å². The van der Waals surface area contributed by atoms with Gasteiger partial charge in [-0.1, -0.05) is 18.2 Å². The molecule has 2 heterocycles. The lowest BCUT2D eigenvalue weighted by molar-refractivity contribution is 0.0902. The Labute approximate surface area is 213 Å². The summed E-state index contributed by atoms with van der Waals surface area (Å²) in [4.78, 5) is 30.2. The Morgan fingerprint density at radius 2 is 1.81 bits per heavy atom. The van der Waals surface area contributed by atoms with Gasteiger partial charge in [-0.05, 0) is 42.8 Å². The molecule has 0 aliphatic heterocycles. The van der Waals surface area contributed by atoms with E-state index in [0.717, 1.165) is 15.6 Å². The summed E-state index contributed by atoms with van der Waals surface area (Å²) in [6.07, 6.45) is 0. The zero-order valence-electron chi connectivity index (χ0n) is 20.3. The van der Waals surface area contributed by atoms with Crippen molar-refractivity contribution in [1.29, 1.82) is 0 Å². The number of hydrogen-bond donors (Lipinski definition) is 2. The van der Waals surface area contributed by atoms with Gasteiger partial charge in [0.25, 0.3) is 5.91 Å². The first-order valence-corrected chi connectivity index (χ1v) is 12.2. The number of rotatable bonds is 10. The minimum absolute atomic E-state index is 0.213. The molecule has 2 aromatic heterocycles. The number of methoxy groups -OCH3 is 2. The summed E-state index contributed by atoms with van der Waals surface area (Å²) in [7, 11) is 3.06. The van der Waals surface area contributed by atoms with Crippen molar-refractivity contribution < 1.29 is 23.8 Å². The van der Waals surface area contributed by atoms with Crippen LogP contribution < -0.4 is 25.3 Å². The third-order valence-corrected chi connectivity index (χ3v) is 6.76. The topological polar surface area (TPSA) is 113 Å². The van der Waals surface area contributed by atoms with Gasteiger partial charge < -0.3 is 25.3 Å². The minimum atomic E-state index is -0.417. The lowest BCUT2D eigenvalue weighted by Gasteiger charge is -2.12. The second-order valence-electron chi connectivity index (χ2n) is 7.96. The number of carbonyl (C=O) groups is 2. The molecule has 2 aromatic carbocycles. The third kappa shape index (κ3) is 5.17. The highest BCUT2D eigenvalue weighted by Crippen LogP contribution is 2.38. The van der Waals surface area contributed by atoms with Crippen LogP contribution in [0, 0.1) is 6.92 Å². The summed E-state index contributed by atoms with van der Waals surface area (Å²) in [6.45, 7) is 2.53. The number of Topliss-reactive ketones (excluding diaryl/α,β-unsaturated/α-hetero) is 1. The summed E-state index contributed by atoms with van der Waals surface area (Å²) in [5, 5.41) is 5.73. The highest BCUT2D eigenvalue weighted by molar-refractivity contribution is 7.18. The molecule has 186 valence electrons. The van der Waals surface area contributed by atoms with Crippen LogP contribution in [0.1, 0.15) is 26.4 Å². The van der Waals surface area contributed by atoms with Gasteiger partial charge >= 0.3 is 0 Å². The fraction of sp³-hybridized carbons (Fsp3) is 0.222. The standard InChI is InChI=1S/C27H27N3O5S/c1-16-5-4-6-18-19(15-36-26(16)18)25-23(33-2)10-8-20(30-25)21(31)14-29-27(32)17-7-9-22(35-12-11-28)24(13-17)34-3/h4-10,13,15H,11-12,14,28H2,1-3H3,(H,29,32). The van der Waals surface area contributed by atoms with Crippen LogP contribution in [0.5, 0.6) is 17.2 Å². The molecule has 1 amide bonds. The molecular formula is C27H27N3O5S. The van der Waals surface area contributed by atoms with Crippen LogP contribution >= 0.6 is 11.3 Å². The molecule has 0 fully saturated rings. The zero-order valence-corrected chi connectivity index (χ0v) is 21.1. The molecule has 8 nitrogen and oxygen atoms in total. The van der Waals surface area contributed by atoms with E-state index in [2.05, 4.69) is 23.3 Å². The lowest BCUT2D eigenvalue weighted by Crippen LogP contribution is -2.30. The van der Waals surface area contributed by atoms with Gasteiger partial charge in [0, 0.05) is 33.1 Å². The fourth-order valence-electron chi connectivity index (χ4n) is 3.80. The maximum absolute atomic E-state index is 12.9. The van der Waals surface area contributed by atoms with Crippen molar-refractivity contribution in [2.24, 2.45) is 5.73 Å². The van der Waals surface area contributed by atoms with Crippen LogP contribution in [0.25, 0.3) is 21.3 Å². The number of amides is 1. The van der Waals surface area contributed by atoms with Gasteiger partial charge in [0.2, 0.25) is 0 Å². The van der Waals surface area contributed by atoms with Gasteiger partial charge in [0.15, 0.2) is 17.3 Å². The lowest BCUT2D eigenvalue weighted by atomic mass is 10.1. The molecule has 0 bridgehead atoms. The van der Waals surface area contributed by atoms with E-state index >= 15 is 0 Å². The monoisotopic (exact) mass is 505 g/mol. The molecule has 0 radical (unpaired) electrons. The molecule has 0 saturated carbocycles. The van der Waals surface area contributed by atoms with Crippen molar-refractivity contribution in [3.8, 4) is 28.5 Å². The highest BCUT2D eigenvalue weighted by atomic mass is 32.1. The molecule has 0 aliphatic rings. The first kappa shape index (κ1) is 25.2. The number of carbonyl (C=O) groups excluding carboxylic acids is 2. The molecule has 0 saturated heterocycles. The Bertz CT molecular complexity index is 1420. The quantitative estimate of drug-likeness (QED) is 0.310. The number of nitrogens with zero attached hydrogens (tertiary/aromatic N) is 1. The number of thiophene rings is 1. The number of ketones is 1. The first-order valence-electron chi connectivity index (χ1n) is 11.3. The summed E-state index contributed by atoms with van der Waals surface area (Å²) >= 11 is 1.63. The van der Waals surface area contributed by atoms with E-state index < -0.39 is 5.91 Å². The molecule has 9 heteroatoms. The molecule has 0 spiro atoms. The van der Waals surface area contributed by atoms with Gasteiger partial charge in [-0.15, -0.1) is 11.3 Å². The van der Waals surface area contributed by atoms with Crippen LogP contribution in [0.4, 0.5) is 0 Å². The van der Waals surface area contributed by atoms with Crippen LogP contribution in [-0.4, -0.2) is 50.6 Å². The largest absolute Gasteiger partial charge is 0.494 e. The number of aryl methyl sites for hydroxylation is 1. The summed E-state index contributed by atoms with van der Waals surface area (Å²) in [5.74, 6) is 0.725. The van der Waals surface area contributed by atoms with Gasteiger partial charge in [0.1, 0.15) is 23.7 Å². The maximum Gasteiger partial charge on any atom is 0.251 e. The second kappa shape index (κ2) is 11.2. The number of aromatic nitrogens is 1. The first-order chi connectivity index (χ1) is 17.5. The summed E-state index contributed by atoms with van der Waals surface area (Å²) in [5.41, 5.74) is 8.71. The number of hydrogen-bond acceptors (Lipinski definition) is 8. The normalized spacial score (nSPS) is 10.8. The molecule has 0 aliphatic carbocycles. The average molecular weight is 506 g/mol. The van der Waals surface area contributed by atoms with E-state index in [1.807, 2.05) is 17.5 Å². The Morgan fingerprint density at radius 3 is 2.56 bits per heavy atom. The number of fused-ring (bicyclic) bond motifs is 1. The van der Waals surface area contributed by atoms with Crippen LogP contribution in [-0.2, 0) is 0 Å². The number of benzene rings is 2. The molecule has 0 atom stereocenters. The molecule has 0 unspecified atom stereocenters. The van der Waals surface area contributed by atoms with Crippen LogP contribution in [0.2, 0.25) is 0 Å². The predicted octanol–water partition coefficient (Wildman–Crippen LogP) is 4.24. The SMILES string of the molecule is COc1cc(C(=O)NCC(=O)c2ccc(OC)c(-c3csc4c(C)cccc34)n2)ccc1OCCN. The van der Waals surface area contributed by atoms with E-state index in [4.69, 9.17) is 19.9 Å². The number of ether oxygens (including phenoxy) is 3. The summed E-state index contributed by atoms with van der Waals surface area (Å²) < 4.78 is 17.5. The molecule has 36 heavy (non-hydrogen) atoms. The summed E-state index contributed by atoms with van der Waals surface area (Å²) in [6, 6.07) is 14.2. The van der Waals surface area contributed by atoms with E-state index in [1.54, 1.807) is 48.8 Å². The van der Waals surface area contributed by atoms with Crippen LogP contribution in [0.3, 0.4) is 0 Å². The van der Waals surface area contributed by atoms with E-state index in [9.17, 15) is 9.59 Å². The van der Waals surface area contributed by atoms with Crippen molar-refractivity contribution in [3.05, 3.63) is 70.7 Å². The van der Waals surface area contributed by atoms with Crippen molar-refractivity contribution in [2.45, 2.75) is 6.92 Å². The Morgan fingerprint density at radius 1 is 1.03 bits per heavy atom. The van der Waals surface area contributed by atoms with Gasteiger partial charge in [-0.25, -0.2) is 4.98 Å². The fourth-order valence-corrected chi connectivity index (χ4v) is 4.83. The highest BCUT2D eigenvalue weighted by Gasteiger charge is 2.18. The van der Waals surface area contributed by atoms with Crippen molar-refractivity contribution in [3.63, 3.8) is 0 Å². The number of nitrogens with one attached hydrogen (secondary N) is 1. The predicted molar refractivity (Wildman–Crippen MR) is 141 cm³/mol. The van der Waals surface area contributed by atoms with Crippen molar-refractivity contribution >= 4 is 33.1 Å². The van der Waals surface area contributed by atoms with Gasteiger partial charge in [-0.3, -0.25) is 9.59 Å². The van der Waals surface area contributed by atoms with Crippen molar-refractivity contribution in [1.82, 2.24) is 10.3 Å². The Balaban J connectivity index is 1.52. The molecule has 3 N–H and O–H groups in total. The molecular weight excluding hydrogens is 478 g/mol. The zero-order chi connectivity index (χ0) is 25.7. The third-order valence-electron chi connectivity index (χ3n) is 5.63. The number of nitrogens with two attached hydrogens (primary N) is 1. The minimum Gasteiger partial charge on any atom is -0.494 e. The van der Waals surface area contributed by atoms with E-state index in [-0.39, 0.29) is 18.0 Å². The van der Waals surface area contributed by atoms with Crippen LogP contribution in [0.15, 0.2) is 53.9 Å². The Kier molecular flexibility index (Phi) is 7.82. The molecule has 4 aromatic rings. The Hall–Kier alpha value is -3.95. The smallest absolute Gasteiger partial charge is 0.251 e. The average Bonchev–Trinajstić information content (AvgIpc) is 3.35. The van der Waals surface area contributed by atoms with E-state index in [1.165, 1.54) is 12.7 Å². The maximum atomic E-state index is 12.9. The van der Waals surface area contributed by atoms with Gasteiger partial charge in [0.05, 0.1) is 20.8 Å². The molecule has 4 rings (SSSR count). The number of pyridine rings is 1. The second-order valence-corrected chi connectivity index (χ2v) is 8.84.